The Morgan fingerprint density at radius 2 is 1.95 bits per heavy atom. The molecule has 5 heteroatoms. The molecule has 0 aliphatic rings. The molecule has 0 aliphatic heterocycles. The van der Waals surface area contributed by atoms with Gasteiger partial charge in [0.2, 0.25) is 0 Å². The fourth-order valence-corrected chi connectivity index (χ4v) is 2.81. The number of hydrogen-bond donors (Lipinski definition) is 1. The van der Waals surface area contributed by atoms with Crippen LogP contribution in [0.4, 0.5) is 4.39 Å². The van der Waals surface area contributed by atoms with Crippen molar-refractivity contribution in [1.82, 2.24) is 9.78 Å². The molecule has 0 aliphatic carbocycles. The van der Waals surface area contributed by atoms with Gasteiger partial charge in [-0.05, 0) is 23.9 Å². The number of aryl methyl sites for hydroxylation is 1. The van der Waals surface area contributed by atoms with Crippen molar-refractivity contribution in [3.8, 4) is 0 Å². The number of hydrogen-bond acceptors (Lipinski definition) is 2. The quantitative estimate of drug-likeness (QED) is 0.796. The molecule has 0 saturated carbocycles. The number of fused-ring (bicyclic) bond motifs is 1. The molecule has 3 aromatic rings. The fraction of sp³-hybridized carbons (Fsp3) is 0.188. The van der Waals surface area contributed by atoms with Gasteiger partial charge in [0, 0.05) is 11.9 Å². The number of halogens is 2. The predicted octanol–water partition coefficient (Wildman–Crippen LogP) is 3.93. The van der Waals surface area contributed by atoms with E-state index in [1.807, 2.05) is 13.0 Å². The summed E-state index contributed by atoms with van der Waals surface area (Å²) in [7, 11) is 0. The van der Waals surface area contributed by atoms with Crippen LogP contribution in [0.25, 0.3) is 10.8 Å². The highest BCUT2D eigenvalue weighted by Crippen LogP contribution is 2.33. The molecule has 0 bridgehead atoms. The van der Waals surface area contributed by atoms with Gasteiger partial charge in [-0.15, -0.1) is 0 Å². The Bertz CT molecular complexity index is 800. The minimum absolute atomic E-state index is 0.309. The highest BCUT2D eigenvalue weighted by Gasteiger charge is 2.21. The molecule has 3 rings (SSSR count). The summed E-state index contributed by atoms with van der Waals surface area (Å²) in [4.78, 5) is 0. The highest BCUT2D eigenvalue weighted by molar-refractivity contribution is 6.31. The molecule has 2 aromatic carbocycles. The van der Waals surface area contributed by atoms with Crippen LogP contribution in [0.15, 0.2) is 42.6 Å². The lowest BCUT2D eigenvalue weighted by molar-refractivity contribution is 0.209. The molecule has 1 N–H and O–H groups in total. The standard InChI is InChI=1S/C16H14ClFN2O/c1-2-20-15(13(17)9-19-20)16(21)12-7-8-14(18)11-6-4-3-5-10(11)12/h3-9,16,21H,2H2,1H3. The highest BCUT2D eigenvalue weighted by atomic mass is 35.5. The first-order valence-electron chi connectivity index (χ1n) is 6.70. The van der Waals surface area contributed by atoms with Gasteiger partial charge in [0.05, 0.1) is 16.9 Å². The van der Waals surface area contributed by atoms with Crippen molar-refractivity contribution in [3.05, 3.63) is 64.7 Å². The fourth-order valence-electron chi connectivity index (χ4n) is 2.57. The van der Waals surface area contributed by atoms with Gasteiger partial charge >= 0.3 is 0 Å². The van der Waals surface area contributed by atoms with Crippen molar-refractivity contribution >= 4 is 22.4 Å². The Morgan fingerprint density at radius 1 is 1.24 bits per heavy atom. The number of aliphatic hydroxyl groups excluding tert-OH is 1. The van der Waals surface area contributed by atoms with Crippen LogP contribution in [0, 0.1) is 5.82 Å². The summed E-state index contributed by atoms with van der Waals surface area (Å²) in [5.74, 6) is -0.309. The van der Waals surface area contributed by atoms with Gasteiger partial charge in [0.1, 0.15) is 11.9 Å². The third-order valence-corrected chi connectivity index (χ3v) is 3.88. The summed E-state index contributed by atoms with van der Waals surface area (Å²) in [5, 5.41) is 16.4. The minimum Gasteiger partial charge on any atom is -0.382 e. The van der Waals surface area contributed by atoms with Gasteiger partial charge in [-0.1, -0.05) is 41.9 Å². The number of nitrogens with zero attached hydrogens (tertiary/aromatic N) is 2. The molecule has 0 spiro atoms. The summed E-state index contributed by atoms with van der Waals surface area (Å²) in [6, 6.07) is 10.0. The SMILES string of the molecule is CCn1ncc(Cl)c1C(O)c1ccc(F)c2ccccc12. The maximum Gasteiger partial charge on any atom is 0.131 e. The molecule has 0 radical (unpaired) electrons. The molecule has 1 aromatic heterocycles. The lowest BCUT2D eigenvalue weighted by Crippen LogP contribution is -2.10. The summed E-state index contributed by atoms with van der Waals surface area (Å²) < 4.78 is 15.5. The summed E-state index contributed by atoms with van der Waals surface area (Å²) >= 11 is 6.13. The zero-order valence-electron chi connectivity index (χ0n) is 11.4. The molecular weight excluding hydrogens is 291 g/mol. The van der Waals surface area contributed by atoms with Gasteiger partial charge in [-0.3, -0.25) is 4.68 Å². The van der Waals surface area contributed by atoms with E-state index >= 15 is 0 Å². The monoisotopic (exact) mass is 304 g/mol. The number of aliphatic hydroxyl groups is 1. The van der Waals surface area contributed by atoms with Crippen LogP contribution in [-0.4, -0.2) is 14.9 Å². The van der Waals surface area contributed by atoms with Crippen LogP contribution in [0.5, 0.6) is 0 Å². The van der Waals surface area contributed by atoms with E-state index in [9.17, 15) is 9.50 Å². The minimum atomic E-state index is -0.953. The van der Waals surface area contributed by atoms with E-state index in [-0.39, 0.29) is 5.82 Å². The van der Waals surface area contributed by atoms with Crippen molar-refractivity contribution in [2.24, 2.45) is 0 Å². The third kappa shape index (κ3) is 2.30. The van der Waals surface area contributed by atoms with Gasteiger partial charge in [-0.25, -0.2) is 4.39 Å². The summed E-state index contributed by atoms with van der Waals surface area (Å²) in [6.45, 7) is 2.51. The largest absolute Gasteiger partial charge is 0.382 e. The average molecular weight is 305 g/mol. The molecule has 3 nitrogen and oxygen atoms in total. The first-order chi connectivity index (χ1) is 10.1. The summed E-state index contributed by atoms with van der Waals surface area (Å²) in [5.41, 5.74) is 1.14. The van der Waals surface area contributed by atoms with E-state index in [1.54, 1.807) is 28.9 Å². The van der Waals surface area contributed by atoms with Crippen LogP contribution in [0.2, 0.25) is 5.02 Å². The van der Waals surface area contributed by atoms with Crippen molar-refractivity contribution in [3.63, 3.8) is 0 Å². The third-order valence-electron chi connectivity index (χ3n) is 3.59. The smallest absolute Gasteiger partial charge is 0.131 e. The van der Waals surface area contributed by atoms with E-state index in [4.69, 9.17) is 11.6 Å². The predicted molar refractivity (Wildman–Crippen MR) is 80.9 cm³/mol. The summed E-state index contributed by atoms with van der Waals surface area (Å²) in [6.07, 6.45) is 0.556. The van der Waals surface area contributed by atoms with Gasteiger partial charge in [0.15, 0.2) is 0 Å². The van der Waals surface area contributed by atoms with E-state index in [0.29, 0.717) is 33.6 Å². The van der Waals surface area contributed by atoms with Crippen molar-refractivity contribution in [2.75, 3.05) is 0 Å². The van der Waals surface area contributed by atoms with Gasteiger partial charge in [0.25, 0.3) is 0 Å². The molecule has 21 heavy (non-hydrogen) atoms. The molecule has 0 fully saturated rings. The van der Waals surface area contributed by atoms with Crippen molar-refractivity contribution < 1.29 is 9.50 Å². The van der Waals surface area contributed by atoms with Gasteiger partial charge in [-0.2, -0.15) is 5.10 Å². The van der Waals surface area contributed by atoms with E-state index in [2.05, 4.69) is 5.10 Å². The first-order valence-corrected chi connectivity index (χ1v) is 7.07. The molecule has 1 unspecified atom stereocenters. The van der Waals surface area contributed by atoms with E-state index in [0.717, 1.165) is 0 Å². The second-order valence-corrected chi connectivity index (χ2v) is 5.19. The van der Waals surface area contributed by atoms with Crippen molar-refractivity contribution in [2.45, 2.75) is 19.6 Å². The number of rotatable bonds is 3. The Kier molecular flexibility index (Phi) is 3.66. The lowest BCUT2D eigenvalue weighted by Gasteiger charge is -2.16. The second kappa shape index (κ2) is 5.47. The van der Waals surface area contributed by atoms with Crippen LogP contribution in [-0.2, 0) is 6.54 Å². The maximum absolute atomic E-state index is 13.9. The molecule has 1 heterocycles. The average Bonchev–Trinajstić information content (AvgIpc) is 2.88. The maximum atomic E-state index is 13.9. The van der Waals surface area contributed by atoms with Crippen LogP contribution >= 0.6 is 11.6 Å². The van der Waals surface area contributed by atoms with Crippen LogP contribution in [0.3, 0.4) is 0 Å². The Morgan fingerprint density at radius 3 is 2.67 bits per heavy atom. The zero-order valence-corrected chi connectivity index (χ0v) is 12.2. The van der Waals surface area contributed by atoms with Crippen LogP contribution in [0.1, 0.15) is 24.3 Å². The normalized spacial score (nSPS) is 12.8. The van der Waals surface area contributed by atoms with E-state index in [1.165, 1.54) is 12.3 Å². The zero-order chi connectivity index (χ0) is 15.0. The second-order valence-electron chi connectivity index (χ2n) is 4.78. The molecule has 1 atom stereocenters. The number of benzene rings is 2. The molecular formula is C16H14ClFN2O. The van der Waals surface area contributed by atoms with Crippen molar-refractivity contribution in [1.29, 1.82) is 0 Å². The number of aromatic nitrogens is 2. The molecule has 0 saturated heterocycles. The van der Waals surface area contributed by atoms with Gasteiger partial charge < -0.3 is 5.11 Å². The molecule has 108 valence electrons. The lowest BCUT2D eigenvalue weighted by atomic mass is 9.98. The topological polar surface area (TPSA) is 38.0 Å². The van der Waals surface area contributed by atoms with Crippen LogP contribution < -0.4 is 0 Å². The van der Waals surface area contributed by atoms with E-state index < -0.39 is 6.10 Å². The Balaban J connectivity index is 2.21. The first kappa shape index (κ1) is 14.0. The Labute approximate surface area is 126 Å². The Hall–Kier alpha value is -1.91. The molecule has 0 amide bonds.